The van der Waals surface area contributed by atoms with E-state index in [2.05, 4.69) is 26.5 Å². The molecule has 0 atom stereocenters. The van der Waals surface area contributed by atoms with Crippen LogP contribution in [0.2, 0.25) is 0 Å². The number of nitrogens with zero attached hydrogens (tertiary/aromatic N) is 2. The topological polar surface area (TPSA) is 92.4 Å². The van der Waals surface area contributed by atoms with Crippen LogP contribution in [0.3, 0.4) is 0 Å². The lowest BCUT2D eigenvalue weighted by Gasteiger charge is -2.08. The number of hydrogen-bond donors (Lipinski definition) is 3. The summed E-state index contributed by atoms with van der Waals surface area (Å²) in [5, 5.41) is 5.12. The minimum Gasteiger partial charge on any atom is -0.351 e. The molecular formula is C12H15N5O. The number of hydrogen-bond acceptors (Lipinski definition) is 3. The maximum atomic E-state index is 10.8. The van der Waals surface area contributed by atoms with Crippen LogP contribution in [0.25, 0.3) is 0 Å². The number of nitrogens with two attached hydrogens (primary N) is 1. The molecule has 0 saturated heterocycles. The number of aliphatic imine (C=N–C) groups is 1. The summed E-state index contributed by atoms with van der Waals surface area (Å²) in [6.45, 7) is 2.52. The first-order valence-electron chi connectivity index (χ1n) is 5.32. The number of carbonyl (C=O) groups is 1. The highest BCUT2D eigenvalue weighted by Gasteiger charge is 2.02. The van der Waals surface area contributed by atoms with Crippen molar-refractivity contribution in [1.82, 2.24) is 15.6 Å². The van der Waals surface area contributed by atoms with Crippen LogP contribution in [-0.2, 0) is 6.54 Å². The molecule has 2 amide bonds. The lowest BCUT2D eigenvalue weighted by molar-refractivity contribution is 0.253. The summed E-state index contributed by atoms with van der Waals surface area (Å²) in [6.07, 6.45) is 6.80. The van der Waals surface area contributed by atoms with E-state index in [0.717, 1.165) is 11.3 Å². The van der Waals surface area contributed by atoms with Gasteiger partial charge in [-0.3, -0.25) is 10.3 Å². The fourth-order valence-electron chi connectivity index (χ4n) is 1.23. The predicted molar refractivity (Wildman–Crippen MR) is 69.7 cm³/mol. The second-order valence-corrected chi connectivity index (χ2v) is 3.48. The standard InChI is InChI=1S/C12H15N5O/c1-3-6-15-12(17-11(13)18)16-8-10-9(2)5-4-7-14-10/h1,4-5,7H,6,8H2,2H3,(H4,13,15,16,17,18). The van der Waals surface area contributed by atoms with Crippen molar-refractivity contribution in [3.05, 3.63) is 29.6 Å². The number of guanidine groups is 1. The zero-order chi connectivity index (χ0) is 13.4. The number of urea groups is 1. The van der Waals surface area contributed by atoms with Crippen molar-refractivity contribution in [2.45, 2.75) is 13.5 Å². The molecule has 1 aromatic rings. The van der Waals surface area contributed by atoms with Gasteiger partial charge >= 0.3 is 6.03 Å². The number of primary amides is 1. The van der Waals surface area contributed by atoms with E-state index in [-0.39, 0.29) is 12.5 Å². The molecule has 0 aliphatic heterocycles. The molecule has 1 aromatic heterocycles. The maximum Gasteiger partial charge on any atom is 0.318 e. The molecule has 0 fully saturated rings. The van der Waals surface area contributed by atoms with Crippen LogP contribution < -0.4 is 16.4 Å². The first-order valence-corrected chi connectivity index (χ1v) is 5.32. The van der Waals surface area contributed by atoms with Gasteiger partial charge in [-0.25, -0.2) is 9.79 Å². The Balaban J connectivity index is 2.73. The zero-order valence-corrected chi connectivity index (χ0v) is 10.1. The minimum absolute atomic E-state index is 0.241. The Morgan fingerprint density at radius 2 is 2.44 bits per heavy atom. The van der Waals surface area contributed by atoms with Gasteiger partial charge in [-0.2, -0.15) is 0 Å². The largest absolute Gasteiger partial charge is 0.351 e. The monoisotopic (exact) mass is 245 g/mol. The highest BCUT2D eigenvalue weighted by Crippen LogP contribution is 2.03. The maximum absolute atomic E-state index is 10.8. The van der Waals surface area contributed by atoms with Crippen LogP contribution in [0.4, 0.5) is 4.79 Å². The molecule has 0 aromatic carbocycles. The second-order valence-electron chi connectivity index (χ2n) is 3.48. The van der Waals surface area contributed by atoms with E-state index in [0.29, 0.717) is 6.54 Å². The molecule has 0 radical (unpaired) electrons. The minimum atomic E-state index is -0.698. The summed E-state index contributed by atoms with van der Waals surface area (Å²) in [7, 11) is 0. The summed E-state index contributed by atoms with van der Waals surface area (Å²) < 4.78 is 0. The number of pyridine rings is 1. The van der Waals surface area contributed by atoms with Crippen molar-refractivity contribution in [3.8, 4) is 12.3 Å². The van der Waals surface area contributed by atoms with Crippen molar-refractivity contribution in [1.29, 1.82) is 0 Å². The van der Waals surface area contributed by atoms with Crippen LogP contribution >= 0.6 is 0 Å². The first kappa shape index (κ1) is 13.5. The molecule has 6 heteroatoms. The van der Waals surface area contributed by atoms with Gasteiger partial charge in [-0.15, -0.1) is 6.42 Å². The summed E-state index contributed by atoms with van der Waals surface area (Å²) in [4.78, 5) is 19.1. The van der Waals surface area contributed by atoms with Crippen molar-refractivity contribution < 1.29 is 4.79 Å². The van der Waals surface area contributed by atoms with Crippen molar-refractivity contribution in [2.75, 3.05) is 6.54 Å². The summed E-state index contributed by atoms with van der Waals surface area (Å²) >= 11 is 0. The molecule has 94 valence electrons. The molecule has 1 rings (SSSR count). The fraction of sp³-hybridized carbons (Fsp3) is 0.250. The zero-order valence-electron chi connectivity index (χ0n) is 10.1. The number of rotatable bonds is 3. The van der Waals surface area contributed by atoms with E-state index >= 15 is 0 Å². The number of terminal acetylenes is 1. The number of aryl methyl sites for hydroxylation is 1. The normalized spacial score (nSPS) is 10.6. The molecule has 0 saturated carbocycles. The van der Waals surface area contributed by atoms with Crippen molar-refractivity contribution >= 4 is 12.0 Å². The van der Waals surface area contributed by atoms with Crippen molar-refractivity contribution in [3.63, 3.8) is 0 Å². The van der Waals surface area contributed by atoms with E-state index in [4.69, 9.17) is 12.2 Å². The molecule has 0 unspecified atom stereocenters. The molecule has 6 nitrogen and oxygen atoms in total. The van der Waals surface area contributed by atoms with Gasteiger partial charge in [0.15, 0.2) is 0 Å². The van der Waals surface area contributed by atoms with E-state index in [1.807, 2.05) is 19.1 Å². The number of aromatic nitrogens is 1. The Bertz CT molecular complexity index is 489. The highest BCUT2D eigenvalue weighted by atomic mass is 16.2. The highest BCUT2D eigenvalue weighted by molar-refractivity contribution is 5.95. The van der Waals surface area contributed by atoms with E-state index < -0.39 is 6.03 Å². The van der Waals surface area contributed by atoms with E-state index in [1.54, 1.807) is 6.20 Å². The Morgan fingerprint density at radius 1 is 1.67 bits per heavy atom. The van der Waals surface area contributed by atoms with Crippen LogP contribution in [0, 0.1) is 19.3 Å². The average Bonchev–Trinajstić information content (AvgIpc) is 2.34. The lowest BCUT2D eigenvalue weighted by atomic mass is 10.2. The summed E-state index contributed by atoms with van der Waals surface area (Å²) in [5.41, 5.74) is 6.87. The second kappa shape index (κ2) is 6.91. The Labute approximate surface area is 106 Å². The molecule has 1 heterocycles. The molecule has 4 N–H and O–H groups in total. The summed E-state index contributed by atoms with van der Waals surface area (Å²) in [5.74, 6) is 2.62. The number of amides is 2. The molecule has 18 heavy (non-hydrogen) atoms. The van der Waals surface area contributed by atoms with Crippen molar-refractivity contribution in [2.24, 2.45) is 10.7 Å². The van der Waals surface area contributed by atoms with Gasteiger partial charge in [0.1, 0.15) is 0 Å². The Hall–Kier alpha value is -2.55. The Morgan fingerprint density at radius 3 is 3.06 bits per heavy atom. The third-order valence-corrected chi connectivity index (χ3v) is 2.10. The van der Waals surface area contributed by atoms with Gasteiger partial charge < -0.3 is 11.1 Å². The number of nitrogens with one attached hydrogen (secondary N) is 2. The lowest BCUT2D eigenvalue weighted by Crippen LogP contribution is -2.43. The SMILES string of the molecule is C#CCNC(=NCc1ncccc1C)NC(N)=O. The third-order valence-electron chi connectivity index (χ3n) is 2.10. The van der Waals surface area contributed by atoms with Gasteiger partial charge in [0.25, 0.3) is 0 Å². The first-order chi connectivity index (χ1) is 8.63. The van der Waals surface area contributed by atoms with E-state index in [1.165, 1.54) is 0 Å². The smallest absolute Gasteiger partial charge is 0.318 e. The number of carbonyl (C=O) groups excluding carboxylic acids is 1. The van der Waals surface area contributed by atoms with E-state index in [9.17, 15) is 4.79 Å². The van der Waals surface area contributed by atoms with Gasteiger partial charge in [-0.1, -0.05) is 12.0 Å². The van der Waals surface area contributed by atoms with Crippen LogP contribution in [0.5, 0.6) is 0 Å². The molecule has 0 aliphatic rings. The van der Waals surface area contributed by atoms with Gasteiger partial charge in [0.05, 0.1) is 18.8 Å². The average molecular weight is 245 g/mol. The van der Waals surface area contributed by atoms with Gasteiger partial charge in [0, 0.05) is 6.20 Å². The van der Waals surface area contributed by atoms with Crippen LogP contribution in [-0.4, -0.2) is 23.5 Å². The van der Waals surface area contributed by atoms with Gasteiger partial charge in [0.2, 0.25) is 5.96 Å². The quantitative estimate of drug-likeness (QED) is 0.401. The van der Waals surface area contributed by atoms with Gasteiger partial charge in [-0.05, 0) is 18.6 Å². The molecule has 0 aliphatic carbocycles. The molecule has 0 spiro atoms. The summed E-state index contributed by atoms with van der Waals surface area (Å²) in [6, 6.07) is 3.09. The van der Waals surface area contributed by atoms with Crippen LogP contribution in [0.1, 0.15) is 11.3 Å². The van der Waals surface area contributed by atoms with Crippen LogP contribution in [0.15, 0.2) is 23.3 Å². The molecular weight excluding hydrogens is 230 g/mol. The molecule has 0 bridgehead atoms. The predicted octanol–water partition coefficient (Wildman–Crippen LogP) is 0.137. The Kier molecular flexibility index (Phi) is 5.19. The third kappa shape index (κ3) is 4.53. The fourth-order valence-corrected chi connectivity index (χ4v) is 1.23.